The third-order valence-electron chi connectivity index (χ3n) is 2.32. The summed E-state index contributed by atoms with van der Waals surface area (Å²) in [5.41, 5.74) is 1.06. The van der Waals surface area contributed by atoms with E-state index in [9.17, 15) is 0 Å². The predicted octanol–water partition coefficient (Wildman–Crippen LogP) is 3.20. The van der Waals surface area contributed by atoms with Crippen molar-refractivity contribution in [1.82, 2.24) is 0 Å². The van der Waals surface area contributed by atoms with Crippen molar-refractivity contribution in [3.63, 3.8) is 0 Å². The molecule has 0 heterocycles. The van der Waals surface area contributed by atoms with Gasteiger partial charge in [0.2, 0.25) is 0 Å². The van der Waals surface area contributed by atoms with Gasteiger partial charge in [-0.05, 0) is 31.3 Å². The Labute approximate surface area is 74.4 Å². The molecule has 0 spiro atoms. The molecule has 0 aromatic heterocycles. The van der Waals surface area contributed by atoms with Crippen LogP contribution in [0.2, 0.25) is 0 Å². The van der Waals surface area contributed by atoms with Gasteiger partial charge in [-0.2, -0.15) is 5.26 Å². The largest absolute Gasteiger partial charge is 0.193 e. The van der Waals surface area contributed by atoms with Gasteiger partial charge in [0.25, 0.3) is 0 Å². The summed E-state index contributed by atoms with van der Waals surface area (Å²) < 4.78 is 0. The van der Waals surface area contributed by atoms with E-state index in [1.807, 2.05) is 13.0 Å². The van der Waals surface area contributed by atoms with Gasteiger partial charge in [-0.3, -0.25) is 0 Å². The zero-order valence-electron chi connectivity index (χ0n) is 7.59. The molecule has 0 unspecified atom stereocenters. The Hall–Kier alpha value is -1.03. The fraction of sp³-hybridized carbons (Fsp3) is 0.545. The highest BCUT2D eigenvalue weighted by atomic mass is 14.2. The molecule has 1 aliphatic rings. The molecule has 0 N–H and O–H groups in total. The summed E-state index contributed by atoms with van der Waals surface area (Å²) in [5, 5.41) is 8.37. The Morgan fingerprint density at radius 3 is 2.67 bits per heavy atom. The lowest BCUT2D eigenvalue weighted by molar-refractivity contribution is 0.685. The molecule has 0 radical (unpaired) electrons. The van der Waals surface area contributed by atoms with E-state index in [1.165, 1.54) is 25.7 Å². The zero-order chi connectivity index (χ0) is 8.81. The molecule has 1 saturated carbocycles. The van der Waals surface area contributed by atoms with Crippen LogP contribution in [0, 0.1) is 17.2 Å². The van der Waals surface area contributed by atoms with Gasteiger partial charge >= 0.3 is 0 Å². The van der Waals surface area contributed by atoms with Crippen LogP contribution in [-0.4, -0.2) is 0 Å². The second kappa shape index (κ2) is 4.77. The summed E-state index contributed by atoms with van der Waals surface area (Å²) in [5.74, 6) is 0.770. The molecular weight excluding hydrogens is 146 g/mol. The first kappa shape index (κ1) is 9.06. The molecule has 0 bridgehead atoms. The molecule has 12 heavy (non-hydrogen) atoms. The third-order valence-corrected chi connectivity index (χ3v) is 2.32. The van der Waals surface area contributed by atoms with Gasteiger partial charge in [0, 0.05) is 6.08 Å². The minimum atomic E-state index is 0.770. The molecule has 1 aliphatic carbocycles. The van der Waals surface area contributed by atoms with Crippen LogP contribution in [-0.2, 0) is 0 Å². The van der Waals surface area contributed by atoms with Crippen molar-refractivity contribution in [2.24, 2.45) is 5.92 Å². The number of hydrogen-bond donors (Lipinski definition) is 0. The van der Waals surface area contributed by atoms with Gasteiger partial charge < -0.3 is 0 Å². The van der Waals surface area contributed by atoms with E-state index in [0.29, 0.717) is 0 Å². The van der Waals surface area contributed by atoms with Crippen LogP contribution in [0.25, 0.3) is 0 Å². The molecule has 0 aliphatic heterocycles. The maximum Gasteiger partial charge on any atom is 0.0914 e. The highest BCUT2D eigenvalue weighted by Gasteiger charge is 2.10. The molecule has 1 nitrogen and oxygen atoms in total. The Balaban J connectivity index is 2.39. The molecule has 64 valence electrons. The summed E-state index contributed by atoms with van der Waals surface area (Å²) in [7, 11) is 0. The van der Waals surface area contributed by atoms with E-state index in [1.54, 1.807) is 6.08 Å². The van der Waals surface area contributed by atoms with E-state index in [-0.39, 0.29) is 0 Å². The Morgan fingerprint density at radius 2 is 2.08 bits per heavy atom. The van der Waals surface area contributed by atoms with E-state index in [2.05, 4.69) is 12.2 Å². The summed E-state index contributed by atoms with van der Waals surface area (Å²) in [6.45, 7) is 1.97. The first-order valence-corrected chi connectivity index (χ1v) is 4.57. The van der Waals surface area contributed by atoms with E-state index in [0.717, 1.165) is 11.5 Å². The predicted molar refractivity (Wildman–Crippen MR) is 50.5 cm³/mol. The van der Waals surface area contributed by atoms with Crippen molar-refractivity contribution < 1.29 is 0 Å². The van der Waals surface area contributed by atoms with E-state index in [4.69, 9.17) is 5.26 Å². The molecule has 1 rings (SSSR count). The molecule has 1 heteroatoms. The number of rotatable bonds is 2. The Kier molecular flexibility index (Phi) is 3.60. The minimum Gasteiger partial charge on any atom is -0.193 e. The molecular formula is C11H15N. The van der Waals surface area contributed by atoms with Crippen LogP contribution < -0.4 is 0 Å². The topological polar surface area (TPSA) is 23.8 Å². The van der Waals surface area contributed by atoms with E-state index < -0.39 is 0 Å². The monoisotopic (exact) mass is 161 g/mol. The number of allylic oxidation sites excluding steroid dienone is 4. The van der Waals surface area contributed by atoms with Crippen molar-refractivity contribution in [2.45, 2.75) is 32.6 Å². The number of nitriles is 1. The van der Waals surface area contributed by atoms with Crippen LogP contribution >= 0.6 is 0 Å². The lowest BCUT2D eigenvalue weighted by atomic mass is 10.1. The lowest BCUT2D eigenvalue weighted by Crippen LogP contribution is -1.85. The molecule has 0 amide bonds. The first-order valence-electron chi connectivity index (χ1n) is 4.57. The van der Waals surface area contributed by atoms with Crippen LogP contribution in [0.4, 0.5) is 0 Å². The maximum atomic E-state index is 8.37. The Bertz CT molecular complexity index is 224. The Morgan fingerprint density at radius 1 is 1.42 bits per heavy atom. The van der Waals surface area contributed by atoms with Crippen LogP contribution in [0.3, 0.4) is 0 Å². The molecule has 0 saturated heterocycles. The summed E-state index contributed by atoms with van der Waals surface area (Å²) in [4.78, 5) is 0. The number of hydrogen-bond acceptors (Lipinski definition) is 1. The molecule has 0 aromatic carbocycles. The average molecular weight is 161 g/mol. The van der Waals surface area contributed by atoms with Crippen LogP contribution in [0.1, 0.15) is 32.6 Å². The van der Waals surface area contributed by atoms with Crippen molar-refractivity contribution in [3.8, 4) is 6.07 Å². The summed E-state index contributed by atoms with van der Waals surface area (Å²) in [6, 6.07) is 2.03. The zero-order valence-corrected chi connectivity index (χ0v) is 7.59. The molecule has 0 aromatic rings. The van der Waals surface area contributed by atoms with Crippen molar-refractivity contribution in [1.29, 1.82) is 5.26 Å². The minimum absolute atomic E-state index is 0.770. The van der Waals surface area contributed by atoms with Gasteiger partial charge in [-0.25, -0.2) is 0 Å². The third kappa shape index (κ3) is 2.92. The standard InChI is InChI=1S/C11H15N/c1-10(8-9-12)6-7-11-4-2-3-5-11/h6-8,11H,2-5H2,1H3/b7-6+,10-8+. The quantitative estimate of drug-likeness (QED) is 0.450. The van der Waals surface area contributed by atoms with Gasteiger partial charge in [0.05, 0.1) is 6.07 Å². The normalized spacial score (nSPS) is 20.2. The van der Waals surface area contributed by atoms with Crippen molar-refractivity contribution in [3.05, 3.63) is 23.8 Å². The maximum absolute atomic E-state index is 8.37. The average Bonchev–Trinajstić information content (AvgIpc) is 2.53. The van der Waals surface area contributed by atoms with Gasteiger partial charge in [0.15, 0.2) is 0 Å². The summed E-state index contributed by atoms with van der Waals surface area (Å²) in [6.07, 6.45) is 11.3. The molecule has 1 fully saturated rings. The van der Waals surface area contributed by atoms with Gasteiger partial charge in [-0.15, -0.1) is 0 Å². The first-order chi connectivity index (χ1) is 5.83. The lowest BCUT2D eigenvalue weighted by Gasteiger charge is -1.98. The van der Waals surface area contributed by atoms with Gasteiger partial charge in [0.1, 0.15) is 0 Å². The second-order valence-corrected chi connectivity index (χ2v) is 3.42. The number of nitrogens with zero attached hydrogens (tertiary/aromatic N) is 1. The smallest absolute Gasteiger partial charge is 0.0914 e. The van der Waals surface area contributed by atoms with Crippen LogP contribution in [0.5, 0.6) is 0 Å². The highest BCUT2D eigenvalue weighted by molar-refractivity contribution is 5.22. The highest BCUT2D eigenvalue weighted by Crippen LogP contribution is 2.25. The fourth-order valence-corrected chi connectivity index (χ4v) is 1.59. The van der Waals surface area contributed by atoms with Gasteiger partial charge in [-0.1, -0.05) is 25.0 Å². The molecule has 0 atom stereocenters. The fourth-order valence-electron chi connectivity index (χ4n) is 1.59. The SMILES string of the molecule is CC(/C=C/C1CCCC1)=C\C#N. The van der Waals surface area contributed by atoms with E-state index >= 15 is 0 Å². The van der Waals surface area contributed by atoms with Crippen molar-refractivity contribution in [2.75, 3.05) is 0 Å². The van der Waals surface area contributed by atoms with Crippen molar-refractivity contribution >= 4 is 0 Å². The second-order valence-electron chi connectivity index (χ2n) is 3.42. The summed E-state index contributed by atoms with van der Waals surface area (Å²) >= 11 is 0. The van der Waals surface area contributed by atoms with Crippen LogP contribution in [0.15, 0.2) is 23.8 Å².